The number of anilines is 1. The van der Waals surface area contributed by atoms with Gasteiger partial charge in [-0.3, -0.25) is 9.59 Å². The number of hydrogen-bond donors (Lipinski definition) is 3. The number of thioether (sulfide) groups is 1. The molecule has 3 aromatic rings. The molecule has 0 saturated carbocycles. The Labute approximate surface area is 175 Å². The summed E-state index contributed by atoms with van der Waals surface area (Å²) in [6.07, 6.45) is 1.42. The number of carbonyl (C=O) groups is 3. The third-order valence-electron chi connectivity index (χ3n) is 3.99. The lowest BCUT2D eigenvalue weighted by atomic mass is 10.2. The molecule has 10 nitrogen and oxygen atoms in total. The molecule has 0 spiro atoms. The van der Waals surface area contributed by atoms with Crippen LogP contribution in [-0.2, 0) is 17.9 Å². The predicted octanol–water partition coefficient (Wildman–Crippen LogP) is 2.25. The zero-order valence-electron chi connectivity index (χ0n) is 16.0. The number of furan rings is 1. The van der Waals surface area contributed by atoms with Gasteiger partial charge in [0.05, 0.1) is 24.1 Å². The van der Waals surface area contributed by atoms with E-state index in [1.165, 1.54) is 30.2 Å². The average molecular weight is 429 g/mol. The minimum atomic E-state index is -1.07. The molecule has 11 heteroatoms. The summed E-state index contributed by atoms with van der Waals surface area (Å²) in [5, 5.41) is 23.1. The molecule has 0 aliphatic carbocycles. The molecule has 1 aromatic carbocycles. The van der Waals surface area contributed by atoms with Gasteiger partial charge in [0.25, 0.3) is 5.91 Å². The highest BCUT2D eigenvalue weighted by atomic mass is 32.2. The van der Waals surface area contributed by atoms with E-state index in [0.717, 1.165) is 0 Å². The van der Waals surface area contributed by atoms with E-state index in [2.05, 4.69) is 20.8 Å². The number of rotatable bonds is 9. The van der Waals surface area contributed by atoms with Crippen molar-refractivity contribution < 1.29 is 23.9 Å². The highest BCUT2D eigenvalue weighted by molar-refractivity contribution is 7.99. The van der Waals surface area contributed by atoms with Crippen LogP contribution in [0.15, 0.2) is 52.2 Å². The van der Waals surface area contributed by atoms with Crippen LogP contribution in [0, 0.1) is 0 Å². The van der Waals surface area contributed by atoms with Gasteiger partial charge in [0, 0.05) is 12.2 Å². The van der Waals surface area contributed by atoms with Gasteiger partial charge in [-0.15, -0.1) is 10.2 Å². The average Bonchev–Trinajstić information content (AvgIpc) is 3.40. The van der Waals surface area contributed by atoms with Gasteiger partial charge in [0.1, 0.15) is 0 Å². The molecule has 0 unspecified atom stereocenters. The SMILES string of the molecule is CCn1c(CNC(=O)c2ccco2)nnc1SCC(=O)Nc1cccc(C(=O)O)c1. The van der Waals surface area contributed by atoms with Gasteiger partial charge in [-0.25, -0.2) is 4.79 Å². The van der Waals surface area contributed by atoms with Crippen LogP contribution in [0.5, 0.6) is 0 Å². The molecule has 2 heterocycles. The van der Waals surface area contributed by atoms with Crippen molar-refractivity contribution in [2.45, 2.75) is 25.2 Å². The van der Waals surface area contributed by atoms with Crippen molar-refractivity contribution in [1.82, 2.24) is 20.1 Å². The number of nitrogens with zero attached hydrogens (tertiary/aromatic N) is 3. The molecule has 156 valence electrons. The van der Waals surface area contributed by atoms with Crippen molar-refractivity contribution in [3.63, 3.8) is 0 Å². The summed E-state index contributed by atoms with van der Waals surface area (Å²) in [5.41, 5.74) is 0.492. The van der Waals surface area contributed by atoms with E-state index in [1.807, 2.05) is 6.92 Å². The number of aromatic nitrogens is 3. The number of aromatic carboxylic acids is 1. The van der Waals surface area contributed by atoms with E-state index >= 15 is 0 Å². The predicted molar refractivity (Wildman–Crippen MR) is 108 cm³/mol. The standard InChI is InChI=1S/C19H19N5O5S/c1-2-24-15(10-20-17(26)14-7-4-8-29-14)22-23-19(24)30-11-16(25)21-13-6-3-5-12(9-13)18(27)28/h3-9H,2,10-11H2,1H3,(H,20,26)(H,21,25)(H,27,28). The Balaban J connectivity index is 1.56. The Kier molecular flexibility index (Phi) is 6.86. The lowest BCUT2D eigenvalue weighted by molar-refractivity contribution is -0.113. The minimum absolute atomic E-state index is 0.0637. The largest absolute Gasteiger partial charge is 0.478 e. The van der Waals surface area contributed by atoms with E-state index in [-0.39, 0.29) is 35.4 Å². The Bertz CT molecular complexity index is 1050. The first-order valence-corrected chi connectivity index (χ1v) is 9.96. The van der Waals surface area contributed by atoms with Crippen LogP contribution in [0.4, 0.5) is 5.69 Å². The summed E-state index contributed by atoms with van der Waals surface area (Å²) in [7, 11) is 0. The number of amides is 2. The maximum Gasteiger partial charge on any atom is 0.335 e. The van der Waals surface area contributed by atoms with Crippen molar-refractivity contribution in [3.05, 3.63) is 59.8 Å². The second-order valence-corrected chi connectivity index (χ2v) is 6.97. The third-order valence-corrected chi connectivity index (χ3v) is 4.95. The van der Waals surface area contributed by atoms with Crippen molar-refractivity contribution >= 4 is 35.2 Å². The first-order valence-electron chi connectivity index (χ1n) is 8.97. The van der Waals surface area contributed by atoms with E-state index in [4.69, 9.17) is 9.52 Å². The Morgan fingerprint density at radius 1 is 1.20 bits per heavy atom. The molecule has 0 saturated heterocycles. The maximum atomic E-state index is 12.2. The summed E-state index contributed by atoms with van der Waals surface area (Å²) in [6.45, 7) is 2.63. The maximum absolute atomic E-state index is 12.2. The van der Waals surface area contributed by atoms with Gasteiger partial charge >= 0.3 is 5.97 Å². The minimum Gasteiger partial charge on any atom is -0.478 e. The van der Waals surface area contributed by atoms with Crippen LogP contribution >= 0.6 is 11.8 Å². The van der Waals surface area contributed by atoms with Gasteiger partial charge in [0.2, 0.25) is 5.91 Å². The zero-order chi connectivity index (χ0) is 21.5. The molecular formula is C19H19N5O5S. The fourth-order valence-corrected chi connectivity index (χ4v) is 3.41. The number of hydrogen-bond acceptors (Lipinski definition) is 7. The van der Waals surface area contributed by atoms with Crippen LogP contribution in [0.1, 0.15) is 33.7 Å². The van der Waals surface area contributed by atoms with Crippen molar-refractivity contribution in [1.29, 1.82) is 0 Å². The van der Waals surface area contributed by atoms with E-state index in [9.17, 15) is 14.4 Å². The molecule has 0 bridgehead atoms. The molecule has 2 amide bonds. The van der Waals surface area contributed by atoms with Crippen LogP contribution in [0.2, 0.25) is 0 Å². The van der Waals surface area contributed by atoms with Crippen molar-refractivity contribution in [2.75, 3.05) is 11.1 Å². The van der Waals surface area contributed by atoms with E-state index in [0.29, 0.717) is 23.2 Å². The third kappa shape index (κ3) is 5.26. The summed E-state index contributed by atoms with van der Waals surface area (Å²) in [5.74, 6) is -0.911. The summed E-state index contributed by atoms with van der Waals surface area (Å²) in [4.78, 5) is 35.2. The number of nitrogens with one attached hydrogen (secondary N) is 2. The number of benzene rings is 1. The molecule has 0 radical (unpaired) electrons. The molecule has 30 heavy (non-hydrogen) atoms. The van der Waals surface area contributed by atoms with Gasteiger partial charge in [0.15, 0.2) is 16.7 Å². The fourth-order valence-electron chi connectivity index (χ4n) is 2.59. The molecule has 3 N–H and O–H groups in total. The zero-order valence-corrected chi connectivity index (χ0v) is 16.8. The normalized spacial score (nSPS) is 10.6. The number of carboxylic acid groups (broad SMARTS) is 1. The molecular weight excluding hydrogens is 410 g/mol. The highest BCUT2D eigenvalue weighted by Crippen LogP contribution is 2.18. The van der Waals surface area contributed by atoms with Crippen LogP contribution in [0.3, 0.4) is 0 Å². The lowest BCUT2D eigenvalue weighted by Crippen LogP contribution is -2.24. The fraction of sp³-hybridized carbons (Fsp3) is 0.211. The van der Waals surface area contributed by atoms with Crippen molar-refractivity contribution in [2.24, 2.45) is 0 Å². The lowest BCUT2D eigenvalue weighted by Gasteiger charge is -2.08. The highest BCUT2D eigenvalue weighted by Gasteiger charge is 2.15. The van der Waals surface area contributed by atoms with Gasteiger partial charge in [-0.2, -0.15) is 0 Å². The number of carboxylic acids is 1. The molecule has 3 rings (SSSR count). The summed E-state index contributed by atoms with van der Waals surface area (Å²) in [6, 6.07) is 9.20. The Morgan fingerprint density at radius 3 is 2.73 bits per heavy atom. The van der Waals surface area contributed by atoms with Crippen LogP contribution < -0.4 is 10.6 Å². The summed E-state index contributed by atoms with van der Waals surface area (Å²) < 4.78 is 6.84. The van der Waals surface area contributed by atoms with E-state index in [1.54, 1.807) is 28.8 Å². The van der Waals surface area contributed by atoms with Crippen LogP contribution in [0.25, 0.3) is 0 Å². The Morgan fingerprint density at radius 2 is 2.03 bits per heavy atom. The first kappa shape index (κ1) is 21.1. The van der Waals surface area contributed by atoms with Crippen molar-refractivity contribution in [3.8, 4) is 0 Å². The topological polar surface area (TPSA) is 139 Å². The summed E-state index contributed by atoms with van der Waals surface area (Å²) >= 11 is 1.19. The quantitative estimate of drug-likeness (QED) is 0.440. The molecule has 0 atom stereocenters. The molecule has 0 fully saturated rings. The van der Waals surface area contributed by atoms with Gasteiger partial charge in [-0.1, -0.05) is 17.8 Å². The Hall–Kier alpha value is -3.60. The van der Waals surface area contributed by atoms with E-state index < -0.39 is 5.97 Å². The molecule has 0 aliphatic rings. The first-order chi connectivity index (χ1) is 14.5. The van der Waals surface area contributed by atoms with Gasteiger partial charge < -0.3 is 24.7 Å². The molecule has 2 aromatic heterocycles. The smallest absolute Gasteiger partial charge is 0.335 e. The second kappa shape index (κ2) is 9.74. The molecule has 0 aliphatic heterocycles. The second-order valence-electron chi connectivity index (χ2n) is 6.03. The monoisotopic (exact) mass is 429 g/mol. The van der Waals surface area contributed by atoms with Gasteiger partial charge in [-0.05, 0) is 37.3 Å². The van der Waals surface area contributed by atoms with Crippen LogP contribution in [-0.4, -0.2) is 43.4 Å². The number of carbonyl (C=O) groups excluding carboxylic acids is 2.